The maximum absolute atomic E-state index is 11.6. The third kappa shape index (κ3) is 4.11. The first-order valence-corrected chi connectivity index (χ1v) is 7.29. The Hall–Kier alpha value is -1.80. The number of hydrogen-bond donors (Lipinski definition) is 2. The molecule has 0 fully saturated rings. The fraction of sp³-hybridized carbons (Fsp3) is 0.273. The summed E-state index contributed by atoms with van der Waals surface area (Å²) in [6.45, 7) is 0.258. The van der Waals surface area contributed by atoms with E-state index in [9.17, 15) is 9.59 Å². The number of carboxylic acid groups (broad SMARTS) is 1. The number of aromatic nitrogens is 2. The van der Waals surface area contributed by atoms with Gasteiger partial charge in [-0.15, -0.1) is 22.7 Å². The summed E-state index contributed by atoms with van der Waals surface area (Å²) in [6, 6.07) is 0. The lowest BCUT2D eigenvalue weighted by atomic mass is 10.2. The van der Waals surface area contributed by atoms with Crippen molar-refractivity contribution in [2.75, 3.05) is 0 Å². The number of nitrogens with zero attached hydrogens (tertiary/aromatic N) is 2. The number of thiazole rings is 2. The van der Waals surface area contributed by atoms with Crippen molar-refractivity contribution in [1.29, 1.82) is 0 Å². The molecule has 0 unspecified atom stereocenters. The smallest absolute Gasteiger partial charge is 0.355 e. The summed E-state index contributed by atoms with van der Waals surface area (Å²) in [5.41, 5.74) is 2.65. The van der Waals surface area contributed by atoms with Crippen LogP contribution in [0, 0.1) is 0 Å². The lowest BCUT2D eigenvalue weighted by Gasteiger charge is -2.01. The highest BCUT2D eigenvalue weighted by molar-refractivity contribution is 7.09. The molecule has 0 aliphatic rings. The van der Waals surface area contributed by atoms with Crippen LogP contribution in [0.4, 0.5) is 0 Å². The predicted molar refractivity (Wildman–Crippen MR) is 71.4 cm³/mol. The number of nitrogens with one attached hydrogen (secondary N) is 1. The molecule has 0 atom stereocenters. The van der Waals surface area contributed by atoms with Crippen LogP contribution in [-0.4, -0.2) is 27.0 Å². The zero-order chi connectivity index (χ0) is 13.7. The van der Waals surface area contributed by atoms with Gasteiger partial charge in [-0.2, -0.15) is 0 Å². The van der Waals surface area contributed by atoms with Crippen LogP contribution in [0.5, 0.6) is 0 Å². The van der Waals surface area contributed by atoms with Gasteiger partial charge in [-0.1, -0.05) is 0 Å². The summed E-state index contributed by atoms with van der Waals surface area (Å²) in [5, 5.41) is 15.4. The van der Waals surface area contributed by atoms with Crippen molar-refractivity contribution >= 4 is 34.6 Å². The van der Waals surface area contributed by atoms with E-state index < -0.39 is 5.97 Å². The number of carbonyl (C=O) groups is 2. The van der Waals surface area contributed by atoms with E-state index in [4.69, 9.17) is 5.11 Å². The molecule has 100 valence electrons. The van der Waals surface area contributed by atoms with E-state index in [0.717, 1.165) is 5.69 Å². The van der Waals surface area contributed by atoms with E-state index in [1.165, 1.54) is 28.1 Å². The number of amides is 1. The minimum Gasteiger partial charge on any atom is -0.476 e. The molecule has 2 heterocycles. The van der Waals surface area contributed by atoms with Gasteiger partial charge in [0, 0.05) is 17.2 Å². The number of rotatable bonds is 6. The van der Waals surface area contributed by atoms with Gasteiger partial charge in [0.05, 0.1) is 17.7 Å². The van der Waals surface area contributed by atoms with Crippen LogP contribution in [0.3, 0.4) is 0 Å². The second-order valence-corrected chi connectivity index (χ2v) is 5.35. The standard InChI is InChI=1S/C11H11N3O3S2/c15-9(2-1-7-4-18-6-13-7)12-3-10-14-8(5-19-10)11(16)17/h4-6H,1-3H2,(H,12,15)(H,16,17). The van der Waals surface area contributed by atoms with Gasteiger partial charge in [0.2, 0.25) is 5.91 Å². The van der Waals surface area contributed by atoms with E-state index in [1.807, 2.05) is 5.38 Å². The average molecular weight is 297 g/mol. The number of carboxylic acids is 1. The van der Waals surface area contributed by atoms with Crippen LogP contribution in [0.2, 0.25) is 0 Å². The minimum absolute atomic E-state index is 0.0109. The molecule has 0 radical (unpaired) electrons. The highest BCUT2D eigenvalue weighted by Crippen LogP contribution is 2.09. The molecule has 0 bridgehead atoms. The second kappa shape index (κ2) is 6.39. The Morgan fingerprint density at radius 1 is 1.37 bits per heavy atom. The van der Waals surface area contributed by atoms with Gasteiger partial charge < -0.3 is 10.4 Å². The van der Waals surface area contributed by atoms with Crippen molar-refractivity contribution in [3.63, 3.8) is 0 Å². The van der Waals surface area contributed by atoms with Crippen LogP contribution in [-0.2, 0) is 17.8 Å². The molecular weight excluding hydrogens is 286 g/mol. The van der Waals surface area contributed by atoms with Gasteiger partial charge >= 0.3 is 5.97 Å². The van der Waals surface area contributed by atoms with Crippen molar-refractivity contribution in [3.05, 3.63) is 32.7 Å². The van der Waals surface area contributed by atoms with E-state index in [1.54, 1.807) is 5.51 Å². The monoisotopic (exact) mass is 297 g/mol. The number of carbonyl (C=O) groups excluding carboxylic acids is 1. The van der Waals surface area contributed by atoms with Crippen LogP contribution in [0.15, 0.2) is 16.3 Å². The maximum atomic E-state index is 11.6. The Morgan fingerprint density at radius 2 is 2.21 bits per heavy atom. The molecule has 0 aromatic carbocycles. The van der Waals surface area contributed by atoms with E-state index >= 15 is 0 Å². The quantitative estimate of drug-likeness (QED) is 0.844. The largest absolute Gasteiger partial charge is 0.476 e. The third-order valence-electron chi connectivity index (χ3n) is 2.30. The maximum Gasteiger partial charge on any atom is 0.355 e. The summed E-state index contributed by atoms with van der Waals surface area (Å²) in [6.07, 6.45) is 0.967. The third-order valence-corrected chi connectivity index (χ3v) is 3.78. The summed E-state index contributed by atoms with van der Waals surface area (Å²) < 4.78 is 0. The van der Waals surface area contributed by atoms with Gasteiger partial charge in [0.25, 0.3) is 0 Å². The Labute approximate surface area is 117 Å². The first-order chi connectivity index (χ1) is 9.15. The first-order valence-electron chi connectivity index (χ1n) is 5.46. The molecule has 0 aliphatic heterocycles. The fourth-order valence-corrected chi connectivity index (χ4v) is 2.66. The predicted octanol–water partition coefficient (Wildman–Crippen LogP) is 1.55. The number of aryl methyl sites for hydroxylation is 1. The average Bonchev–Trinajstić information content (AvgIpc) is 3.05. The molecule has 19 heavy (non-hydrogen) atoms. The molecule has 2 aromatic rings. The van der Waals surface area contributed by atoms with Gasteiger partial charge in [-0.3, -0.25) is 4.79 Å². The van der Waals surface area contributed by atoms with Gasteiger partial charge in [0.15, 0.2) is 5.69 Å². The topological polar surface area (TPSA) is 92.2 Å². The van der Waals surface area contributed by atoms with Gasteiger partial charge in [0.1, 0.15) is 5.01 Å². The van der Waals surface area contributed by atoms with Crippen molar-refractivity contribution in [2.45, 2.75) is 19.4 Å². The van der Waals surface area contributed by atoms with E-state index in [0.29, 0.717) is 17.8 Å². The van der Waals surface area contributed by atoms with Gasteiger partial charge in [-0.25, -0.2) is 14.8 Å². The van der Waals surface area contributed by atoms with Gasteiger partial charge in [-0.05, 0) is 6.42 Å². The zero-order valence-electron chi connectivity index (χ0n) is 9.83. The molecule has 2 rings (SSSR count). The van der Waals surface area contributed by atoms with Crippen molar-refractivity contribution in [2.24, 2.45) is 0 Å². The lowest BCUT2D eigenvalue weighted by Crippen LogP contribution is -2.23. The van der Waals surface area contributed by atoms with Crippen LogP contribution in [0.25, 0.3) is 0 Å². The van der Waals surface area contributed by atoms with E-state index in [2.05, 4.69) is 15.3 Å². The molecule has 0 saturated heterocycles. The summed E-state index contributed by atoms with van der Waals surface area (Å²) in [5.74, 6) is -1.16. The van der Waals surface area contributed by atoms with Crippen LogP contribution < -0.4 is 5.32 Å². The zero-order valence-corrected chi connectivity index (χ0v) is 11.5. The Morgan fingerprint density at radius 3 is 2.84 bits per heavy atom. The Balaban J connectivity index is 1.75. The molecule has 0 spiro atoms. The molecule has 6 nitrogen and oxygen atoms in total. The Bertz CT molecular complexity index is 566. The first kappa shape index (κ1) is 13.6. The highest BCUT2D eigenvalue weighted by atomic mass is 32.1. The highest BCUT2D eigenvalue weighted by Gasteiger charge is 2.09. The Kier molecular flexibility index (Phi) is 4.58. The van der Waals surface area contributed by atoms with Crippen LogP contribution >= 0.6 is 22.7 Å². The number of hydrogen-bond acceptors (Lipinski definition) is 6. The van der Waals surface area contributed by atoms with Crippen molar-refractivity contribution in [3.8, 4) is 0 Å². The molecule has 8 heteroatoms. The van der Waals surface area contributed by atoms with Crippen molar-refractivity contribution < 1.29 is 14.7 Å². The minimum atomic E-state index is -1.06. The molecule has 1 amide bonds. The summed E-state index contributed by atoms with van der Waals surface area (Å²) in [4.78, 5) is 30.2. The summed E-state index contributed by atoms with van der Waals surface area (Å²) >= 11 is 2.72. The normalized spacial score (nSPS) is 10.3. The molecular formula is C11H11N3O3S2. The lowest BCUT2D eigenvalue weighted by molar-refractivity contribution is -0.121. The molecule has 2 aromatic heterocycles. The molecule has 0 saturated carbocycles. The number of aromatic carboxylic acids is 1. The summed E-state index contributed by atoms with van der Waals surface area (Å²) in [7, 11) is 0. The fourth-order valence-electron chi connectivity index (χ4n) is 1.36. The van der Waals surface area contributed by atoms with Crippen LogP contribution in [0.1, 0.15) is 27.6 Å². The van der Waals surface area contributed by atoms with Crippen molar-refractivity contribution in [1.82, 2.24) is 15.3 Å². The molecule has 2 N–H and O–H groups in total. The molecule has 0 aliphatic carbocycles. The SMILES string of the molecule is O=C(CCc1cscn1)NCc1nc(C(=O)O)cs1. The van der Waals surface area contributed by atoms with E-state index in [-0.39, 0.29) is 18.1 Å². The second-order valence-electron chi connectivity index (χ2n) is 3.69.